The summed E-state index contributed by atoms with van der Waals surface area (Å²) in [6.45, 7) is 3.67. The Labute approximate surface area is 170 Å². The zero-order valence-corrected chi connectivity index (χ0v) is 17.2. The molecule has 0 saturated carbocycles. The molecule has 0 saturated heterocycles. The zero-order chi connectivity index (χ0) is 19.8. The van der Waals surface area contributed by atoms with Crippen LogP contribution in [-0.4, -0.2) is 27.0 Å². The van der Waals surface area contributed by atoms with Gasteiger partial charge >= 0.3 is 0 Å². The van der Waals surface area contributed by atoms with Crippen molar-refractivity contribution in [1.82, 2.24) is 9.97 Å². The highest BCUT2D eigenvalue weighted by atomic mass is 32.2. The number of hydrogen-bond acceptors (Lipinski definition) is 6. The molecular weight excluding hydrogens is 392 g/mol. The Balaban J connectivity index is 1.57. The van der Waals surface area contributed by atoms with Gasteiger partial charge in [0, 0.05) is 10.3 Å². The van der Waals surface area contributed by atoms with E-state index in [0.717, 1.165) is 45.6 Å². The van der Waals surface area contributed by atoms with Crippen LogP contribution in [0.25, 0.3) is 10.9 Å². The Morgan fingerprint density at radius 1 is 1.25 bits per heavy atom. The average Bonchev–Trinajstić information content (AvgIpc) is 3.21. The summed E-state index contributed by atoms with van der Waals surface area (Å²) in [5, 5.41) is 4.79. The lowest BCUT2D eigenvalue weighted by Gasteiger charge is -2.13. The molecule has 0 unspecified atom stereocenters. The van der Waals surface area contributed by atoms with Crippen molar-refractivity contribution in [1.29, 1.82) is 0 Å². The molecule has 8 heteroatoms. The number of rotatable bonds is 5. The average molecular weight is 413 g/mol. The molecule has 4 rings (SSSR count). The largest absolute Gasteiger partial charge is 0.365 e. The molecule has 0 aliphatic heterocycles. The number of amides is 2. The quantitative estimate of drug-likeness (QED) is 0.492. The molecule has 6 nitrogen and oxygen atoms in total. The van der Waals surface area contributed by atoms with Gasteiger partial charge in [-0.15, -0.1) is 11.3 Å². The SMILES string of the molecule is Cc1nc(S[C@@H](C)C(=O)Nc2sc3c(c2C(N)=O)CCC3)c2ccccc2n1. The molecule has 3 aromatic rings. The zero-order valence-electron chi connectivity index (χ0n) is 15.6. The van der Waals surface area contributed by atoms with Crippen LogP contribution in [0.3, 0.4) is 0 Å². The van der Waals surface area contributed by atoms with Crippen LogP contribution in [0, 0.1) is 6.92 Å². The number of anilines is 1. The van der Waals surface area contributed by atoms with Gasteiger partial charge in [-0.3, -0.25) is 9.59 Å². The Bertz CT molecular complexity index is 1090. The number of hydrogen-bond donors (Lipinski definition) is 2. The van der Waals surface area contributed by atoms with E-state index in [0.29, 0.717) is 16.4 Å². The number of fused-ring (bicyclic) bond motifs is 2. The third-order valence-corrected chi connectivity index (χ3v) is 7.05. The number of nitrogens with one attached hydrogen (secondary N) is 1. The summed E-state index contributed by atoms with van der Waals surface area (Å²) in [7, 11) is 0. The number of primary amides is 1. The van der Waals surface area contributed by atoms with Crippen molar-refractivity contribution in [3.05, 3.63) is 46.1 Å². The number of carbonyl (C=O) groups is 2. The third kappa shape index (κ3) is 3.49. The lowest BCUT2D eigenvalue weighted by Crippen LogP contribution is -2.24. The predicted octanol–water partition coefficient (Wildman–Crippen LogP) is 3.71. The summed E-state index contributed by atoms with van der Waals surface area (Å²) in [5.74, 6) is 0.0136. The third-order valence-electron chi connectivity index (χ3n) is 4.74. The molecule has 1 atom stereocenters. The van der Waals surface area contributed by atoms with Crippen LogP contribution >= 0.6 is 23.1 Å². The lowest BCUT2D eigenvalue weighted by atomic mass is 10.1. The molecular formula is C20H20N4O2S2. The maximum Gasteiger partial charge on any atom is 0.251 e. The van der Waals surface area contributed by atoms with Gasteiger partial charge in [0.05, 0.1) is 16.3 Å². The first-order valence-corrected chi connectivity index (χ1v) is 10.8. The second-order valence-corrected chi connectivity index (χ2v) is 9.20. The minimum absolute atomic E-state index is 0.173. The Kier molecular flexibility index (Phi) is 5.07. The Hall–Kier alpha value is -2.45. The highest BCUT2D eigenvalue weighted by Gasteiger charge is 2.27. The minimum atomic E-state index is -0.479. The second-order valence-electron chi connectivity index (χ2n) is 6.77. The van der Waals surface area contributed by atoms with Crippen molar-refractivity contribution in [2.75, 3.05) is 5.32 Å². The number of para-hydroxylation sites is 1. The van der Waals surface area contributed by atoms with E-state index in [1.54, 1.807) is 0 Å². The van der Waals surface area contributed by atoms with Crippen molar-refractivity contribution in [2.45, 2.75) is 43.4 Å². The minimum Gasteiger partial charge on any atom is -0.365 e. The van der Waals surface area contributed by atoms with Gasteiger partial charge in [-0.05, 0) is 44.7 Å². The van der Waals surface area contributed by atoms with Gasteiger partial charge < -0.3 is 11.1 Å². The first kappa shape index (κ1) is 18.9. The molecule has 0 spiro atoms. The van der Waals surface area contributed by atoms with Crippen molar-refractivity contribution in [2.24, 2.45) is 5.73 Å². The molecule has 144 valence electrons. The number of aromatic nitrogens is 2. The van der Waals surface area contributed by atoms with Gasteiger partial charge in [0.25, 0.3) is 5.91 Å². The topological polar surface area (TPSA) is 98.0 Å². The van der Waals surface area contributed by atoms with Crippen LogP contribution in [-0.2, 0) is 17.6 Å². The van der Waals surface area contributed by atoms with Crippen molar-refractivity contribution in [3.63, 3.8) is 0 Å². The maximum atomic E-state index is 12.8. The number of aryl methyl sites for hydroxylation is 2. The van der Waals surface area contributed by atoms with E-state index < -0.39 is 11.2 Å². The summed E-state index contributed by atoms with van der Waals surface area (Å²) in [6.07, 6.45) is 2.81. The molecule has 0 radical (unpaired) electrons. The highest BCUT2D eigenvalue weighted by molar-refractivity contribution is 8.00. The van der Waals surface area contributed by atoms with Gasteiger partial charge in [0.2, 0.25) is 5.91 Å². The molecule has 0 fully saturated rings. The summed E-state index contributed by atoms with van der Waals surface area (Å²) in [6, 6.07) is 7.75. The number of carbonyl (C=O) groups excluding carboxylic acids is 2. The number of thioether (sulfide) groups is 1. The molecule has 2 aromatic heterocycles. The fourth-order valence-electron chi connectivity index (χ4n) is 3.44. The normalized spacial score (nSPS) is 14.1. The molecule has 3 N–H and O–H groups in total. The summed E-state index contributed by atoms with van der Waals surface area (Å²) < 4.78 is 0. The molecule has 28 heavy (non-hydrogen) atoms. The van der Waals surface area contributed by atoms with E-state index in [1.807, 2.05) is 38.1 Å². The van der Waals surface area contributed by atoms with Crippen LogP contribution in [0.4, 0.5) is 5.00 Å². The predicted molar refractivity (Wildman–Crippen MR) is 113 cm³/mol. The summed E-state index contributed by atoms with van der Waals surface area (Å²) in [4.78, 5) is 34.9. The van der Waals surface area contributed by atoms with E-state index in [9.17, 15) is 9.59 Å². The molecule has 1 aromatic carbocycles. The van der Waals surface area contributed by atoms with E-state index >= 15 is 0 Å². The molecule has 1 aliphatic carbocycles. The molecule has 1 aliphatic rings. The van der Waals surface area contributed by atoms with Crippen molar-refractivity contribution in [3.8, 4) is 0 Å². The fourth-order valence-corrected chi connectivity index (χ4v) is 5.72. The van der Waals surface area contributed by atoms with Crippen LogP contribution in [0.5, 0.6) is 0 Å². The standard InChI is InChI=1S/C20H20N4O2S2/c1-10(27-19-12-6-3-4-8-14(12)22-11(2)23-19)18(26)24-20-16(17(21)25)13-7-5-9-15(13)28-20/h3-4,6,8,10H,5,7,9H2,1-2H3,(H2,21,25)(H,24,26)/t10-/m0/s1. The number of benzene rings is 1. The number of nitrogens with two attached hydrogens (primary N) is 1. The smallest absolute Gasteiger partial charge is 0.251 e. The molecule has 2 amide bonds. The van der Waals surface area contributed by atoms with Crippen LogP contribution in [0.15, 0.2) is 29.3 Å². The van der Waals surface area contributed by atoms with E-state index in [1.165, 1.54) is 23.1 Å². The van der Waals surface area contributed by atoms with E-state index in [4.69, 9.17) is 5.73 Å². The summed E-state index contributed by atoms with van der Waals surface area (Å²) in [5.41, 5.74) is 7.92. The molecule has 0 bridgehead atoms. The van der Waals surface area contributed by atoms with E-state index in [-0.39, 0.29) is 5.91 Å². The van der Waals surface area contributed by atoms with E-state index in [2.05, 4.69) is 15.3 Å². The van der Waals surface area contributed by atoms with Crippen molar-refractivity contribution >= 4 is 50.8 Å². The first-order chi connectivity index (χ1) is 13.4. The van der Waals surface area contributed by atoms with Crippen LogP contribution < -0.4 is 11.1 Å². The van der Waals surface area contributed by atoms with Gasteiger partial charge in [0.1, 0.15) is 15.9 Å². The Morgan fingerprint density at radius 2 is 2.04 bits per heavy atom. The second kappa shape index (κ2) is 7.52. The summed E-state index contributed by atoms with van der Waals surface area (Å²) >= 11 is 2.85. The van der Waals surface area contributed by atoms with Gasteiger partial charge in [-0.2, -0.15) is 0 Å². The highest BCUT2D eigenvalue weighted by Crippen LogP contribution is 2.39. The lowest BCUT2D eigenvalue weighted by molar-refractivity contribution is -0.115. The number of thiophene rings is 1. The van der Waals surface area contributed by atoms with Gasteiger partial charge in [-0.25, -0.2) is 9.97 Å². The molecule has 2 heterocycles. The van der Waals surface area contributed by atoms with Crippen LogP contribution in [0.2, 0.25) is 0 Å². The Morgan fingerprint density at radius 3 is 2.82 bits per heavy atom. The van der Waals surface area contributed by atoms with Gasteiger partial charge in [-0.1, -0.05) is 30.0 Å². The van der Waals surface area contributed by atoms with Gasteiger partial charge in [0.15, 0.2) is 0 Å². The maximum absolute atomic E-state index is 12.8. The van der Waals surface area contributed by atoms with Crippen LogP contribution in [0.1, 0.15) is 40.0 Å². The van der Waals surface area contributed by atoms with Crippen molar-refractivity contribution < 1.29 is 9.59 Å². The first-order valence-electron chi connectivity index (χ1n) is 9.09. The number of nitrogens with zero attached hydrogens (tertiary/aromatic N) is 2. The monoisotopic (exact) mass is 412 g/mol. The fraction of sp³-hybridized carbons (Fsp3) is 0.300.